The van der Waals surface area contributed by atoms with Gasteiger partial charge in [-0.15, -0.1) is 0 Å². The van der Waals surface area contributed by atoms with Crippen molar-refractivity contribution in [2.45, 2.75) is 19.3 Å². The van der Waals surface area contributed by atoms with E-state index in [0.29, 0.717) is 6.54 Å². The molecule has 2 aromatic heterocycles. The van der Waals surface area contributed by atoms with E-state index in [2.05, 4.69) is 67.9 Å². The minimum absolute atomic E-state index is 0.649. The van der Waals surface area contributed by atoms with Crippen molar-refractivity contribution in [2.75, 3.05) is 31.2 Å². The van der Waals surface area contributed by atoms with Gasteiger partial charge in [0.05, 0.1) is 17.7 Å². The summed E-state index contributed by atoms with van der Waals surface area (Å²) in [4.78, 5) is 6.61. The summed E-state index contributed by atoms with van der Waals surface area (Å²) in [6.07, 6.45) is 9.74. The lowest BCUT2D eigenvalue weighted by molar-refractivity contribution is 0.255. The number of benzene rings is 1. The Kier molecular flexibility index (Phi) is 5.18. The zero-order valence-electron chi connectivity index (χ0n) is 15.0. The molecule has 0 N–H and O–H groups in total. The Labute approximate surface area is 155 Å². The van der Waals surface area contributed by atoms with Gasteiger partial charge in [-0.25, -0.2) is 0 Å². The van der Waals surface area contributed by atoms with E-state index in [4.69, 9.17) is 0 Å². The summed E-state index contributed by atoms with van der Waals surface area (Å²) in [5.74, 6) is 6.75. The van der Waals surface area contributed by atoms with Crippen LogP contribution in [-0.2, 0) is 0 Å². The zero-order valence-corrected chi connectivity index (χ0v) is 15.0. The fraction of sp³-hybridized carbons (Fsp3) is 0.318. The molecule has 1 saturated heterocycles. The highest BCUT2D eigenvalue weighted by molar-refractivity contribution is 5.81. The molecular weight excluding hydrogens is 320 g/mol. The quantitative estimate of drug-likeness (QED) is 0.673. The van der Waals surface area contributed by atoms with Gasteiger partial charge in [0.1, 0.15) is 6.54 Å². The number of piperidine rings is 1. The number of para-hydroxylation sites is 1. The first-order valence-corrected chi connectivity index (χ1v) is 9.34. The van der Waals surface area contributed by atoms with E-state index < -0.39 is 0 Å². The van der Waals surface area contributed by atoms with Gasteiger partial charge in [0.2, 0.25) is 0 Å². The lowest BCUT2D eigenvalue weighted by Crippen LogP contribution is -2.31. The smallest absolute Gasteiger partial charge is 0.101 e. The van der Waals surface area contributed by atoms with Gasteiger partial charge in [-0.1, -0.05) is 36.5 Å². The van der Waals surface area contributed by atoms with Gasteiger partial charge in [-0.05, 0) is 50.2 Å². The van der Waals surface area contributed by atoms with E-state index in [-0.39, 0.29) is 0 Å². The maximum absolute atomic E-state index is 4.15. The number of rotatable bonds is 4. The van der Waals surface area contributed by atoms with Crippen molar-refractivity contribution in [1.82, 2.24) is 14.6 Å². The monoisotopic (exact) mass is 344 g/mol. The number of likely N-dealkylation sites (tertiary alicyclic amines) is 1. The molecule has 0 unspecified atom stereocenters. The largest absolute Gasteiger partial charge is 0.292 e. The lowest BCUT2D eigenvalue weighted by Gasteiger charge is -2.25. The number of aromatic nitrogens is 2. The molecule has 0 saturated carbocycles. The molecule has 0 spiro atoms. The predicted molar refractivity (Wildman–Crippen MR) is 107 cm³/mol. The van der Waals surface area contributed by atoms with Crippen molar-refractivity contribution in [3.05, 3.63) is 61.1 Å². The number of nitrogens with zero attached hydrogens (tertiary/aromatic N) is 4. The summed E-state index contributed by atoms with van der Waals surface area (Å²) in [6, 6.07) is 14.6. The average Bonchev–Trinajstić information content (AvgIpc) is 3.13. The average molecular weight is 344 g/mol. The van der Waals surface area contributed by atoms with E-state index in [0.717, 1.165) is 12.2 Å². The minimum atomic E-state index is 0.649. The molecule has 0 bridgehead atoms. The molecular formula is C22H24N4. The molecule has 3 heterocycles. The summed E-state index contributed by atoms with van der Waals surface area (Å²) in [6.45, 7) is 3.89. The zero-order chi connectivity index (χ0) is 17.6. The van der Waals surface area contributed by atoms with Crippen molar-refractivity contribution in [2.24, 2.45) is 0 Å². The Morgan fingerprint density at radius 3 is 2.58 bits per heavy atom. The van der Waals surface area contributed by atoms with Crippen LogP contribution in [-0.4, -0.2) is 40.7 Å². The second kappa shape index (κ2) is 8.07. The number of hydrogen-bond acceptors (Lipinski definition) is 3. The highest BCUT2D eigenvalue weighted by Gasteiger charge is 2.11. The van der Waals surface area contributed by atoms with Crippen LogP contribution in [0.3, 0.4) is 0 Å². The van der Waals surface area contributed by atoms with Gasteiger partial charge in [0.15, 0.2) is 0 Å². The number of anilines is 1. The van der Waals surface area contributed by atoms with Gasteiger partial charge in [0.25, 0.3) is 0 Å². The Balaban J connectivity index is 1.56. The first-order chi connectivity index (χ1) is 12.9. The summed E-state index contributed by atoms with van der Waals surface area (Å²) in [5, 5.41) is 3.43. The van der Waals surface area contributed by atoms with Crippen molar-refractivity contribution in [1.29, 1.82) is 0 Å². The topological polar surface area (TPSA) is 24.3 Å². The molecule has 3 aromatic rings. The normalized spacial score (nSPS) is 14.8. The molecule has 1 aliphatic heterocycles. The number of hydrogen-bond donors (Lipinski definition) is 0. The van der Waals surface area contributed by atoms with E-state index in [1.54, 1.807) is 0 Å². The van der Waals surface area contributed by atoms with Crippen LogP contribution in [0.5, 0.6) is 0 Å². The van der Waals surface area contributed by atoms with Gasteiger partial charge in [-0.3, -0.25) is 19.6 Å². The molecule has 4 heteroatoms. The maximum atomic E-state index is 4.15. The van der Waals surface area contributed by atoms with Crippen molar-refractivity contribution < 1.29 is 0 Å². The third-order valence-electron chi connectivity index (χ3n) is 4.90. The molecule has 0 radical (unpaired) electrons. The SMILES string of the molecule is C(#CCN(c1ccncc1)n1ccc2ccccc21)CN1CCCCC1. The molecule has 0 aliphatic carbocycles. The highest BCUT2D eigenvalue weighted by Crippen LogP contribution is 2.20. The van der Waals surface area contributed by atoms with E-state index >= 15 is 0 Å². The standard InChI is InChI=1S/C22H24N4/c1-4-15-24(16-5-1)17-6-7-18-25(21-10-13-23-14-11-21)26-19-12-20-8-2-3-9-22(20)26/h2-3,8-14,19H,1,4-5,15-18H2. The van der Waals surface area contributed by atoms with Crippen LogP contribution in [0, 0.1) is 11.8 Å². The first kappa shape index (κ1) is 16.7. The second-order valence-electron chi connectivity index (χ2n) is 6.67. The molecule has 1 aliphatic rings. The third kappa shape index (κ3) is 3.74. The predicted octanol–water partition coefficient (Wildman–Crippen LogP) is 3.80. The van der Waals surface area contributed by atoms with Gasteiger partial charge < -0.3 is 0 Å². The second-order valence-corrected chi connectivity index (χ2v) is 6.67. The highest BCUT2D eigenvalue weighted by atomic mass is 15.5. The Hall–Kier alpha value is -2.77. The molecule has 26 heavy (non-hydrogen) atoms. The third-order valence-corrected chi connectivity index (χ3v) is 4.90. The van der Waals surface area contributed by atoms with E-state index in [1.165, 1.54) is 43.3 Å². The van der Waals surface area contributed by atoms with Gasteiger partial charge in [0, 0.05) is 24.0 Å². The fourth-order valence-electron chi connectivity index (χ4n) is 3.50. The summed E-state index contributed by atoms with van der Waals surface area (Å²) in [5.41, 5.74) is 2.27. The molecule has 132 valence electrons. The van der Waals surface area contributed by atoms with Gasteiger partial charge in [-0.2, -0.15) is 0 Å². The van der Waals surface area contributed by atoms with Crippen molar-refractivity contribution in [3.8, 4) is 11.8 Å². The van der Waals surface area contributed by atoms with E-state index in [9.17, 15) is 0 Å². The molecule has 4 nitrogen and oxygen atoms in total. The first-order valence-electron chi connectivity index (χ1n) is 9.34. The molecule has 0 atom stereocenters. The van der Waals surface area contributed by atoms with Crippen LogP contribution in [0.1, 0.15) is 19.3 Å². The lowest BCUT2D eigenvalue weighted by atomic mass is 10.1. The Morgan fingerprint density at radius 1 is 0.923 bits per heavy atom. The van der Waals surface area contributed by atoms with E-state index in [1.807, 2.05) is 24.5 Å². The van der Waals surface area contributed by atoms with Crippen LogP contribution in [0.2, 0.25) is 0 Å². The van der Waals surface area contributed by atoms with Crippen LogP contribution in [0.15, 0.2) is 61.1 Å². The fourth-order valence-corrected chi connectivity index (χ4v) is 3.50. The Bertz CT molecular complexity index is 898. The number of pyridine rings is 1. The van der Waals surface area contributed by atoms with Gasteiger partial charge >= 0.3 is 0 Å². The van der Waals surface area contributed by atoms with Crippen LogP contribution in [0.25, 0.3) is 10.9 Å². The molecule has 1 aromatic carbocycles. The summed E-state index contributed by atoms with van der Waals surface area (Å²) >= 11 is 0. The van der Waals surface area contributed by atoms with Crippen LogP contribution < -0.4 is 5.01 Å². The molecule has 0 amide bonds. The van der Waals surface area contributed by atoms with Crippen molar-refractivity contribution >= 4 is 16.6 Å². The minimum Gasteiger partial charge on any atom is -0.292 e. The maximum Gasteiger partial charge on any atom is 0.101 e. The summed E-state index contributed by atoms with van der Waals surface area (Å²) < 4.78 is 2.18. The molecule has 1 fully saturated rings. The van der Waals surface area contributed by atoms with Crippen LogP contribution >= 0.6 is 0 Å². The molecule has 4 rings (SSSR count). The Morgan fingerprint density at radius 2 is 1.73 bits per heavy atom. The summed E-state index contributed by atoms with van der Waals surface area (Å²) in [7, 11) is 0. The van der Waals surface area contributed by atoms with Crippen LogP contribution in [0.4, 0.5) is 5.69 Å². The van der Waals surface area contributed by atoms with Crippen molar-refractivity contribution in [3.63, 3.8) is 0 Å². The number of fused-ring (bicyclic) bond motifs is 1.